The van der Waals surface area contributed by atoms with Crippen molar-refractivity contribution in [2.45, 2.75) is 73.3 Å². The molecule has 15 heavy (non-hydrogen) atoms. The van der Waals surface area contributed by atoms with Crippen LogP contribution in [-0.2, 0) is 0 Å². The van der Waals surface area contributed by atoms with Crippen LogP contribution in [0.15, 0.2) is 0 Å². The van der Waals surface area contributed by atoms with Gasteiger partial charge in [-0.1, -0.05) is 41.0 Å². The molecule has 1 nitrogen and oxygen atoms in total. The quantitative estimate of drug-likeness (QED) is 0.608. The Morgan fingerprint density at radius 1 is 0.933 bits per heavy atom. The van der Waals surface area contributed by atoms with Gasteiger partial charge in [-0.15, -0.1) is 0 Å². The maximum atomic E-state index is 2.62. The first-order valence-corrected chi connectivity index (χ1v) is 6.54. The Morgan fingerprint density at radius 2 is 1.47 bits per heavy atom. The number of nitrogens with zero attached hydrogens (tertiary/aromatic N) is 1. The predicted molar refractivity (Wildman–Crippen MR) is 70.3 cm³/mol. The molecule has 0 spiro atoms. The molecule has 0 aliphatic rings. The second kappa shape index (κ2) is 5.89. The number of hydrogen-bond donors (Lipinski definition) is 0. The molecule has 0 N–H and O–H groups in total. The summed E-state index contributed by atoms with van der Waals surface area (Å²) in [6.07, 6.45) is 3.80. The van der Waals surface area contributed by atoms with Crippen LogP contribution in [0.3, 0.4) is 0 Å². The smallest absolute Gasteiger partial charge is 0.0158 e. The number of rotatable bonds is 7. The van der Waals surface area contributed by atoms with Crippen molar-refractivity contribution in [1.82, 2.24) is 4.90 Å². The van der Waals surface area contributed by atoms with E-state index in [1.165, 1.54) is 32.4 Å². The van der Waals surface area contributed by atoms with Gasteiger partial charge in [-0.25, -0.2) is 0 Å². The molecular formula is C14H31N. The Hall–Kier alpha value is -0.0400. The van der Waals surface area contributed by atoms with Crippen molar-refractivity contribution < 1.29 is 0 Å². The summed E-state index contributed by atoms with van der Waals surface area (Å²) in [6.45, 7) is 18.8. The Bertz CT molecular complexity index is 170. The zero-order valence-electron chi connectivity index (χ0n) is 12.0. The molecule has 0 fully saturated rings. The molecule has 0 saturated carbocycles. The first-order chi connectivity index (χ1) is 6.79. The first kappa shape index (κ1) is 15.0. The van der Waals surface area contributed by atoms with Crippen molar-refractivity contribution in [2.75, 3.05) is 13.1 Å². The molecular weight excluding hydrogens is 182 g/mol. The Balaban J connectivity index is 4.49. The summed E-state index contributed by atoms with van der Waals surface area (Å²) in [6, 6.07) is 0. The van der Waals surface area contributed by atoms with Gasteiger partial charge in [0.2, 0.25) is 0 Å². The molecule has 92 valence electrons. The van der Waals surface area contributed by atoms with E-state index in [0.717, 1.165) is 0 Å². The highest BCUT2D eigenvalue weighted by atomic mass is 15.2. The normalized spacial score (nSPS) is 13.6. The topological polar surface area (TPSA) is 3.24 Å². The highest BCUT2D eigenvalue weighted by molar-refractivity contribution is 4.86. The Labute approximate surface area is 97.2 Å². The lowest BCUT2D eigenvalue weighted by atomic mass is 9.77. The maximum absolute atomic E-state index is 2.62. The number of hydrogen-bond acceptors (Lipinski definition) is 1. The minimum absolute atomic E-state index is 0.338. The standard InChI is InChI=1S/C14H31N/c1-8-11-15(10-3)14(6,7)12-13(4,5)9-2/h8-12H2,1-7H3. The minimum Gasteiger partial charge on any atom is -0.298 e. The summed E-state index contributed by atoms with van der Waals surface area (Å²) in [4.78, 5) is 2.62. The molecule has 0 aromatic rings. The fourth-order valence-electron chi connectivity index (χ4n) is 2.57. The van der Waals surface area contributed by atoms with E-state index in [0.29, 0.717) is 11.0 Å². The van der Waals surface area contributed by atoms with E-state index in [-0.39, 0.29) is 0 Å². The van der Waals surface area contributed by atoms with Crippen LogP contribution >= 0.6 is 0 Å². The van der Waals surface area contributed by atoms with E-state index in [9.17, 15) is 0 Å². The van der Waals surface area contributed by atoms with Gasteiger partial charge in [-0.2, -0.15) is 0 Å². The highest BCUT2D eigenvalue weighted by Gasteiger charge is 2.31. The fraction of sp³-hybridized carbons (Fsp3) is 1.00. The summed E-state index contributed by atoms with van der Waals surface area (Å²) in [5.41, 5.74) is 0.801. The fourth-order valence-corrected chi connectivity index (χ4v) is 2.57. The van der Waals surface area contributed by atoms with Crippen LogP contribution in [0.2, 0.25) is 0 Å². The summed E-state index contributed by atoms with van der Waals surface area (Å²) in [5.74, 6) is 0. The second-order valence-corrected chi connectivity index (χ2v) is 6.09. The molecule has 0 bridgehead atoms. The Kier molecular flexibility index (Phi) is 5.87. The van der Waals surface area contributed by atoms with E-state index < -0.39 is 0 Å². The molecule has 0 saturated heterocycles. The van der Waals surface area contributed by atoms with Crippen molar-refractivity contribution in [3.8, 4) is 0 Å². The van der Waals surface area contributed by atoms with E-state index in [1.807, 2.05) is 0 Å². The summed E-state index contributed by atoms with van der Waals surface area (Å²) < 4.78 is 0. The zero-order chi connectivity index (χ0) is 12.1. The molecule has 0 aromatic heterocycles. The lowest BCUT2D eigenvalue weighted by Crippen LogP contribution is -2.46. The molecule has 0 aliphatic heterocycles. The second-order valence-electron chi connectivity index (χ2n) is 6.09. The van der Waals surface area contributed by atoms with Gasteiger partial charge >= 0.3 is 0 Å². The monoisotopic (exact) mass is 213 g/mol. The molecule has 0 aromatic carbocycles. The Morgan fingerprint density at radius 3 is 1.80 bits per heavy atom. The molecule has 0 aliphatic carbocycles. The van der Waals surface area contributed by atoms with Crippen molar-refractivity contribution in [3.63, 3.8) is 0 Å². The summed E-state index contributed by atoms with van der Waals surface area (Å²) in [5, 5.41) is 0. The van der Waals surface area contributed by atoms with Crippen LogP contribution < -0.4 is 0 Å². The molecule has 0 radical (unpaired) electrons. The lowest BCUT2D eigenvalue weighted by molar-refractivity contribution is 0.0750. The third-order valence-corrected chi connectivity index (χ3v) is 3.60. The van der Waals surface area contributed by atoms with Crippen LogP contribution in [0.1, 0.15) is 67.7 Å². The van der Waals surface area contributed by atoms with E-state index in [4.69, 9.17) is 0 Å². The lowest BCUT2D eigenvalue weighted by Gasteiger charge is -2.43. The van der Waals surface area contributed by atoms with Crippen LogP contribution in [-0.4, -0.2) is 23.5 Å². The average molecular weight is 213 g/mol. The van der Waals surface area contributed by atoms with Crippen molar-refractivity contribution in [3.05, 3.63) is 0 Å². The third kappa shape index (κ3) is 5.01. The van der Waals surface area contributed by atoms with Crippen LogP contribution in [0.25, 0.3) is 0 Å². The maximum Gasteiger partial charge on any atom is 0.0158 e. The molecule has 0 unspecified atom stereocenters. The van der Waals surface area contributed by atoms with Gasteiger partial charge in [0.1, 0.15) is 0 Å². The zero-order valence-corrected chi connectivity index (χ0v) is 12.0. The van der Waals surface area contributed by atoms with Crippen LogP contribution in [0.4, 0.5) is 0 Å². The van der Waals surface area contributed by atoms with Gasteiger partial charge in [0, 0.05) is 5.54 Å². The van der Waals surface area contributed by atoms with Crippen molar-refractivity contribution >= 4 is 0 Å². The van der Waals surface area contributed by atoms with Gasteiger partial charge in [0.25, 0.3) is 0 Å². The molecule has 0 heterocycles. The van der Waals surface area contributed by atoms with Crippen molar-refractivity contribution in [1.29, 1.82) is 0 Å². The minimum atomic E-state index is 0.338. The van der Waals surface area contributed by atoms with E-state index in [2.05, 4.69) is 53.4 Å². The van der Waals surface area contributed by atoms with E-state index in [1.54, 1.807) is 0 Å². The largest absolute Gasteiger partial charge is 0.298 e. The van der Waals surface area contributed by atoms with Gasteiger partial charge in [0.15, 0.2) is 0 Å². The molecule has 1 heteroatoms. The SMILES string of the molecule is CCCN(CC)C(C)(C)CC(C)(C)CC. The predicted octanol–water partition coefficient (Wildman–Crippen LogP) is 4.32. The van der Waals surface area contributed by atoms with Crippen LogP contribution in [0.5, 0.6) is 0 Å². The van der Waals surface area contributed by atoms with Gasteiger partial charge in [-0.3, -0.25) is 4.90 Å². The van der Waals surface area contributed by atoms with Gasteiger partial charge in [0.05, 0.1) is 0 Å². The molecule has 0 rings (SSSR count). The summed E-state index contributed by atoms with van der Waals surface area (Å²) in [7, 11) is 0. The van der Waals surface area contributed by atoms with E-state index >= 15 is 0 Å². The average Bonchev–Trinajstić information content (AvgIpc) is 2.12. The molecule has 0 atom stereocenters. The van der Waals surface area contributed by atoms with Crippen molar-refractivity contribution in [2.24, 2.45) is 5.41 Å². The highest BCUT2D eigenvalue weighted by Crippen LogP contribution is 2.34. The summed E-state index contributed by atoms with van der Waals surface area (Å²) >= 11 is 0. The third-order valence-electron chi connectivity index (χ3n) is 3.60. The first-order valence-electron chi connectivity index (χ1n) is 6.54. The molecule has 0 amide bonds. The van der Waals surface area contributed by atoms with Crippen LogP contribution in [0, 0.1) is 5.41 Å². The van der Waals surface area contributed by atoms with Gasteiger partial charge in [-0.05, 0) is 45.2 Å². The van der Waals surface area contributed by atoms with Gasteiger partial charge < -0.3 is 0 Å².